The van der Waals surface area contributed by atoms with E-state index in [1.165, 1.54) is 12.1 Å². The standard InChI is InChI=1S/C46H46N4O10/c51-45(41-23-29-3-5-31(41)21-29)47-35-7-11-37(12-8-35)59-27-33-25-39(15-17-43(33)49(53)54)57-19-1-2-20-58-40-16-18-44(50(55)56)34(26-40)28-60-38-13-9-36(10-14-38)48-46(52)42-24-30-4-6-32(42)22-30/h3-18,25-26,29-32,41-42H,1-2,19-24,27-28H2,(H,47,51)(H,48,52)/t29?,30?,31?,32?,41-,42-/m1/s1. The Kier molecular flexibility index (Phi) is 12.1. The van der Waals surface area contributed by atoms with E-state index in [-0.39, 0.29) is 48.2 Å². The SMILES string of the molecule is O=C(Nc1ccc(OCc2cc(OCCCCOc3ccc([N+](=O)[O-])c(COc4ccc(NC(=O)[C@@H]5CC6C=CC5C6)cc4)c3)ccc2[N+](=O)[O-])cc1)[C@@H]1CC2C=CC1C2. The minimum atomic E-state index is -0.462. The number of nitro benzene ring substituents is 2. The molecule has 2 saturated carbocycles. The van der Waals surface area contributed by atoms with E-state index < -0.39 is 9.85 Å². The Balaban J connectivity index is 0.768. The number of hydrogen-bond acceptors (Lipinski definition) is 10. The second-order valence-corrected chi connectivity index (χ2v) is 15.9. The Labute approximate surface area is 346 Å². The van der Waals surface area contributed by atoms with Gasteiger partial charge in [0.1, 0.15) is 36.2 Å². The fourth-order valence-electron chi connectivity index (χ4n) is 8.70. The molecule has 60 heavy (non-hydrogen) atoms. The molecule has 4 aliphatic carbocycles. The third-order valence-corrected chi connectivity index (χ3v) is 11.8. The van der Waals surface area contributed by atoms with Crippen LogP contribution in [-0.2, 0) is 22.8 Å². The molecule has 2 N–H and O–H groups in total. The lowest BCUT2D eigenvalue weighted by molar-refractivity contribution is -0.386. The molecule has 2 fully saturated rings. The first-order chi connectivity index (χ1) is 29.1. The van der Waals surface area contributed by atoms with Gasteiger partial charge in [-0.25, -0.2) is 0 Å². The Hall–Kier alpha value is -6.70. The van der Waals surface area contributed by atoms with E-state index in [0.717, 1.165) is 25.7 Å². The highest BCUT2D eigenvalue weighted by Gasteiger charge is 2.40. The van der Waals surface area contributed by atoms with Gasteiger partial charge in [-0.05, 0) is 135 Å². The van der Waals surface area contributed by atoms with Crippen LogP contribution in [0.3, 0.4) is 0 Å². The van der Waals surface area contributed by atoms with Crippen molar-refractivity contribution in [2.24, 2.45) is 35.5 Å². The lowest BCUT2D eigenvalue weighted by atomic mass is 9.93. The summed E-state index contributed by atoms with van der Waals surface area (Å²) < 4.78 is 23.6. The van der Waals surface area contributed by atoms with Crippen molar-refractivity contribution in [3.8, 4) is 23.0 Å². The molecule has 8 rings (SSSR count). The number of carbonyl (C=O) groups is 2. The zero-order valence-corrected chi connectivity index (χ0v) is 32.9. The number of unbranched alkanes of at least 4 members (excludes halogenated alkanes) is 1. The number of nitrogens with one attached hydrogen (secondary N) is 2. The molecule has 0 heterocycles. The van der Waals surface area contributed by atoms with Gasteiger partial charge in [0.05, 0.1) is 34.2 Å². The number of benzene rings is 4. The van der Waals surface area contributed by atoms with E-state index in [1.807, 2.05) is 0 Å². The van der Waals surface area contributed by atoms with Crippen LogP contribution in [0.2, 0.25) is 0 Å². The van der Waals surface area contributed by atoms with Crippen molar-refractivity contribution in [2.75, 3.05) is 23.8 Å². The minimum Gasteiger partial charge on any atom is -0.494 e. The van der Waals surface area contributed by atoms with Crippen molar-refractivity contribution in [1.82, 2.24) is 0 Å². The molecule has 0 radical (unpaired) electrons. The molecule has 4 aromatic rings. The maximum absolute atomic E-state index is 12.8. The summed E-state index contributed by atoms with van der Waals surface area (Å²) in [5.41, 5.74) is 1.86. The van der Waals surface area contributed by atoms with Gasteiger partial charge in [0, 0.05) is 35.3 Å². The van der Waals surface area contributed by atoms with E-state index in [0.29, 0.717) is 95.2 Å². The molecule has 14 nitrogen and oxygen atoms in total. The Morgan fingerprint density at radius 2 is 0.933 bits per heavy atom. The molecule has 14 heteroatoms. The van der Waals surface area contributed by atoms with Gasteiger partial charge in [0.25, 0.3) is 11.4 Å². The summed E-state index contributed by atoms with van der Waals surface area (Å²) in [6.07, 6.45) is 13.8. The van der Waals surface area contributed by atoms with Crippen molar-refractivity contribution >= 4 is 34.6 Å². The first-order valence-electron chi connectivity index (χ1n) is 20.4. The van der Waals surface area contributed by atoms with Crippen molar-refractivity contribution in [3.05, 3.63) is 141 Å². The van der Waals surface area contributed by atoms with Crippen LogP contribution in [-0.4, -0.2) is 34.9 Å². The fraction of sp³-hybridized carbons (Fsp3) is 0.348. The van der Waals surface area contributed by atoms with Crippen LogP contribution in [0.5, 0.6) is 23.0 Å². The predicted molar refractivity (Wildman–Crippen MR) is 223 cm³/mol. The monoisotopic (exact) mass is 814 g/mol. The number of amides is 2. The molecule has 0 aromatic heterocycles. The number of anilines is 2. The minimum absolute atomic E-state index is 0.00312. The van der Waals surface area contributed by atoms with Crippen molar-refractivity contribution in [3.63, 3.8) is 0 Å². The molecule has 0 saturated heterocycles. The molecule has 0 aliphatic heterocycles. The number of carbonyl (C=O) groups excluding carboxylic acids is 2. The van der Waals surface area contributed by atoms with Crippen molar-refractivity contribution < 1.29 is 38.4 Å². The average molecular weight is 815 g/mol. The van der Waals surface area contributed by atoms with Crippen molar-refractivity contribution in [1.29, 1.82) is 0 Å². The number of rotatable bonds is 19. The van der Waals surface area contributed by atoms with Crippen LogP contribution < -0.4 is 29.6 Å². The van der Waals surface area contributed by atoms with Gasteiger partial charge in [-0.3, -0.25) is 29.8 Å². The lowest BCUT2D eigenvalue weighted by Gasteiger charge is -2.17. The molecular weight excluding hydrogens is 769 g/mol. The van der Waals surface area contributed by atoms with Gasteiger partial charge >= 0.3 is 0 Å². The summed E-state index contributed by atoms with van der Waals surface area (Å²) in [5, 5.41) is 29.5. The number of nitrogens with zero attached hydrogens (tertiary/aromatic N) is 2. The van der Waals surface area contributed by atoms with E-state index in [9.17, 15) is 29.8 Å². The maximum atomic E-state index is 12.8. The van der Waals surface area contributed by atoms with Crippen LogP contribution >= 0.6 is 0 Å². The smallest absolute Gasteiger partial charge is 0.276 e. The second-order valence-electron chi connectivity index (χ2n) is 15.9. The third kappa shape index (κ3) is 9.60. The highest BCUT2D eigenvalue weighted by atomic mass is 16.6. The lowest BCUT2D eigenvalue weighted by Crippen LogP contribution is -2.25. The number of fused-ring (bicyclic) bond motifs is 4. The zero-order valence-electron chi connectivity index (χ0n) is 32.9. The van der Waals surface area contributed by atoms with Gasteiger partial charge < -0.3 is 29.6 Å². The normalized spacial score (nSPS) is 21.7. The number of allylic oxidation sites excluding steroid dienone is 4. The largest absolute Gasteiger partial charge is 0.494 e. The molecule has 0 spiro atoms. The van der Waals surface area contributed by atoms with E-state index in [1.54, 1.807) is 72.8 Å². The fourth-order valence-corrected chi connectivity index (χ4v) is 8.70. The highest BCUT2D eigenvalue weighted by Crippen LogP contribution is 2.45. The van der Waals surface area contributed by atoms with Gasteiger partial charge in [0.15, 0.2) is 0 Å². The van der Waals surface area contributed by atoms with Gasteiger partial charge in [0.2, 0.25) is 11.8 Å². The Bertz CT molecular complexity index is 2130. The topological polar surface area (TPSA) is 181 Å². The quantitative estimate of drug-likeness (QED) is 0.0401. The van der Waals surface area contributed by atoms with Crippen LogP contribution in [0.1, 0.15) is 49.7 Å². The summed E-state index contributed by atoms with van der Waals surface area (Å²) >= 11 is 0. The Morgan fingerprint density at radius 1 is 0.533 bits per heavy atom. The van der Waals surface area contributed by atoms with Gasteiger partial charge in [-0.1, -0.05) is 24.3 Å². The summed E-state index contributed by atoms with van der Waals surface area (Å²) in [4.78, 5) is 48.2. The number of ether oxygens (including phenoxy) is 4. The zero-order chi connectivity index (χ0) is 41.6. The van der Waals surface area contributed by atoms with Crippen LogP contribution in [0.25, 0.3) is 0 Å². The highest BCUT2D eigenvalue weighted by molar-refractivity contribution is 5.94. The van der Waals surface area contributed by atoms with E-state index in [2.05, 4.69) is 34.9 Å². The first-order valence-corrected chi connectivity index (χ1v) is 20.4. The molecule has 4 aliphatic rings. The predicted octanol–water partition coefficient (Wildman–Crippen LogP) is 9.20. The molecule has 310 valence electrons. The maximum Gasteiger partial charge on any atom is 0.276 e. The van der Waals surface area contributed by atoms with Crippen LogP contribution in [0, 0.1) is 55.7 Å². The van der Waals surface area contributed by atoms with E-state index in [4.69, 9.17) is 18.9 Å². The Morgan fingerprint density at radius 3 is 1.28 bits per heavy atom. The summed E-state index contributed by atoms with van der Waals surface area (Å²) in [6, 6.07) is 23.0. The van der Waals surface area contributed by atoms with Crippen LogP contribution in [0.4, 0.5) is 22.7 Å². The molecular formula is C46H46N4O10. The first kappa shape index (κ1) is 40.1. The number of nitro groups is 2. The summed E-state index contributed by atoms with van der Waals surface area (Å²) in [5.74, 6) is 3.59. The number of hydrogen-bond donors (Lipinski definition) is 2. The van der Waals surface area contributed by atoms with Crippen molar-refractivity contribution in [2.45, 2.75) is 51.7 Å². The van der Waals surface area contributed by atoms with Crippen LogP contribution in [0.15, 0.2) is 109 Å². The molecule has 4 unspecified atom stereocenters. The third-order valence-electron chi connectivity index (χ3n) is 11.8. The average Bonchev–Trinajstić information content (AvgIpc) is 4.09. The molecule has 4 aromatic carbocycles. The summed E-state index contributed by atoms with van der Waals surface area (Å²) in [7, 11) is 0. The van der Waals surface area contributed by atoms with Gasteiger partial charge in [-0.2, -0.15) is 0 Å². The molecule has 6 atom stereocenters. The van der Waals surface area contributed by atoms with Gasteiger partial charge in [-0.15, -0.1) is 0 Å². The van der Waals surface area contributed by atoms with E-state index >= 15 is 0 Å². The molecule has 2 amide bonds. The molecule has 4 bridgehead atoms. The summed E-state index contributed by atoms with van der Waals surface area (Å²) in [6.45, 7) is 0.540. The second kappa shape index (κ2) is 18.1.